The molecule has 0 amide bonds. The van der Waals surface area contributed by atoms with Gasteiger partial charge in [-0.3, -0.25) is 10.1 Å². The van der Waals surface area contributed by atoms with Gasteiger partial charge < -0.3 is 0 Å². The third kappa shape index (κ3) is 1.79. The van der Waals surface area contributed by atoms with Gasteiger partial charge in [0, 0.05) is 5.56 Å². The molecule has 1 aromatic carbocycles. The average molecular weight is 180 g/mol. The second kappa shape index (κ2) is 3.63. The fourth-order valence-corrected chi connectivity index (χ4v) is 0.992. The lowest BCUT2D eigenvalue weighted by molar-refractivity contribution is -0.388. The van der Waals surface area contributed by atoms with Crippen LogP contribution in [0.3, 0.4) is 0 Å². The number of para-hydroxylation sites is 1. The van der Waals surface area contributed by atoms with Gasteiger partial charge in [0.1, 0.15) is 0 Å². The van der Waals surface area contributed by atoms with Crippen LogP contribution in [-0.2, 0) is 6.42 Å². The molecule has 1 rings (SSSR count). The maximum Gasteiger partial charge on any atom is 0.308 e. The first-order valence-corrected chi connectivity index (χ1v) is 3.45. The SMILES string of the molecule is N#CCc1cccc(F)c1[N+](=O)[O-]. The molecule has 5 heteroatoms. The van der Waals surface area contributed by atoms with Gasteiger partial charge in [0.25, 0.3) is 0 Å². The van der Waals surface area contributed by atoms with Crippen LogP contribution in [0.25, 0.3) is 0 Å². The van der Waals surface area contributed by atoms with E-state index in [4.69, 9.17) is 5.26 Å². The molecule has 0 fully saturated rings. The number of rotatable bonds is 2. The molecule has 0 radical (unpaired) electrons. The summed E-state index contributed by atoms with van der Waals surface area (Å²) < 4.78 is 12.9. The van der Waals surface area contributed by atoms with E-state index in [0.29, 0.717) is 0 Å². The van der Waals surface area contributed by atoms with E-state index >= 15 is 0 Å². The molecule has 1 aromatic rings. The van der Waals surface area contributed by atoms with Gasteiger partial charge in [-0.25, -0.2) is 0 Å². The summed E-state index contributed by atoms with van der Waals surface area (Å²) in [5, 5.41) is 18.7. The molecule has 0 heterocycles. The van der Waals surface area contributed by atoms with Crippen LogP contribution in [-0.4, -0.2) is 4.92 Å². The first-order valence-electron chi connectivity index (χ1n) is 3.45. The zero-order valence-electron chi connectivity index (χ0n) is 6.53. The third-order valence-corrected chi connectivity index (χ3v) is 1.52. The molecule has 0 saturated heterocycles. The third-order valence-electron chi connectivity index (χ3n) is 1.52. The Hall–Kier alpha value is -1.96. The van der Waals surface area contributed by atoms with Crippen LogP contribution in [0.15, 0.2) is 18.2 Å². The maximum absolute atomic E-state index is 12.9. The Balaban J connectivity index is 3.27. The number of hydrogen-bond acceptors (Lipinski definition) is 3. The minimum atomic E-state index is -0.905. The Morgan fingerprint density at radius 1 is 1.62 bits per heavy atom. The summed E-state index contributed by atoms with van der Waals surface area (Å²) >= 11 is 0. The molecule has 0 aliphatic carbocycles. The van der Waals surface area contributed by atoms with Crippen molar-refractivity contribution in [1.29, 1.82) is 5.26 Å². The van der Waals surface area contributed by atoms with Crippen LogP contribution in [0.4, 0.5) is 10.1 Å². The van der Waals surface area contributed by atoms with E-state index < -0.39 is 16.4 Å². The van der Waals surface area contributed by atoms with Crippen molar-refractivity contribution in [1.82, 2.24) is 0 Å². The highest BCUT2D eigenvalue weighted by atomic mass is 19.1. The van der Waals surface area contributed by atoms with Gasteiger partial charge >= 0.3 is 5.69 Å². The summed E-state index contributed by atoms with van der Waals surface area (Å²) in [6.07, 6.45) is -0.159. The van der Waals surface area contributed by atoms with Gasteiger partial charge in [0.2, 0.25) is 5.82 Å². The molecule has 0 saturated carbocycles. The number of hydrogen-bond donors (Lipinski definition) is 0. The largest absolute Gasteiger partial charge is 0.308 e. The van der Waals surface area contributed by atoms with E-state index in [1.165, 1.54) is 12.1 Å². The highest BCUT2D eigenvalue weighted by molar-refractivity contribution is 5.42. The van der Waals surface area contributed by atoms with Crippen LogP contribution in [0.1, 0.15) is 5.56 Å². The van der Waals surface area contributed by atoms with Gasteiger partial charge in [0.05, 0.1) is 17.4 Å². The Morgan fingerprint density at radius 3 is 2.85 bits per heavy atom. The topological polar surface area (TPSA) is 66.9 Å². The lowest BCUT2D eigenvalue weighted by Gasteiger charge is -1.97. The van der Waals surface area contributed by atoms with Gasteiger partial charge in [-0.15, -0.1) is 0 Å². The number of nitro groups is 1. The molecule has 0 aromatic heterocycles. The van der Waals surface area contributed by atoms with Crippen molar-refractivity contribution in [2.24, 2.45) is 0 Å². The van der Waals surface area contributed by atoms with Crippen molar-refractivity contribution in [2.45, 2.75) is 6.42 Å². The minimum absolute atomic E-state index is 0.104. The first kappa shape index (κ1) is 9.13. The first-order chi connectivity index (χ1) is 6.16. The predicted octanol–water partition coefficient (Wildman–Crippen LogP) is 1.80. The standard InChI is InChI=1S/C8H5FN2O2/c9-7-3-1-2-6(4-5-10)8(7)11(12)13/h1-3H,4H2. The molecule has 0 unspecified atom stereocenters. The van der Waals surface area contributed by atoms with Crippen molar-refractivity contribution >= 4 is 5.69 Å². The quantitative estimate of drug-likeness (QED) is 0.514. The van der Waals surface area contributed by atoms with Gasteiger partial charge in [-0.2, -0.15) is 9.65 Å². The van der Waals surface area contributed by atoms with Gasteiger partial charge in [-0.1, -0.05) is 12.1 Å². The van der Waals surface area contributed by atoms with Crippen LogP contribution >= 0.6 is 0 Å². The second-order valence-corrected chi connectivity index (χ2v) is 2.34. The number of benzene rings is 1. The molecule has 0 atom stereocenters. The highest BCUT2D eigenvalue weighted by Gasteiger charge is 2.18. The fraction of sp³-hybridized carbons (Fsp3) is 0.125. The maximum atomic E-state index is 12.9. The Bertz CT molecular complexity index is 384. The summed E-state index contributed by atoms with van der Waals surface area (Å²) in [5.74, 6) is -0.905. The molecule has 0 spiro atoms. The molecule has 0 N–H and O–H groups in total. The molecule has 13 heavy (non-hydrogen) atoms. The molecule has 0 aliphatic rings. The van der Waals surface area contributed by atoms with E-state index in [2.05, 4.69) is 0 Å². The van der Waals surface area contributed by atoms with E-state index in [1.54, 1.807) is 6.07 Å². The van der Waals surface area contributed by atoms with Crippen LogP contribution < -0.4 is 0 Å². The van der Waals surface area contributed by atoms with Crippen molar-refractivity contribution in [3.8, 4) is 6.07 Å². The summed E-state index contributed by atoms with van der Waals surface area (Å²) in [6.45, 7) is 0. The van der Waals surface area contributed by atoms with Crippen molar-refractivity contribution in [3.63, 3.8) is 0 Å². The van der Waals surface area contributed by atoms with E-state index in [9.17, 15) is 14.5 Å². The zero-order chi connectivity index (χ0) is 9.84. The minimum Gasteiger partial charge on any atom is -0.258 e. The normalized spacial score (nSPS) is 9.23. The Morgan fingerprint density at radius 2 is 2.31 bits per heavy atom. The monoisotopic (exact) mass is 180 g/mol. The van der Waals surface area contributed by atoms with Crippen LogP contribution in [0.5, 0.6) is 0 Å². The number of halogens is 1. The lowest BCUT2D eigenvalue weighted by Crippen LogP contribution is -1.97. The van der Waals surface area contributed by atoms with Crippen molar-refractivity contribution in [2.75, 3.05) is 0 Å². The summed E-state index contributed by atoms with van der Waals surface area (Å²) in [7, 11) is 0. The van der Waals surface area contributed by atoms with Crippen molar-refractivity contribution in [3.05, 3.63) is 39.7 Å². The lowest BCUT2D eigenvalue weighted by atomic mass is 10.1. The van der Waals surface area contributed by atoms with E-state index in [1.807, 2.05) is 0 Å². The van der Waals surface area contributed by atoms with Crippen LogP contribution in [0.2, 0.25) is 0 Å². The van der Waals surface area contributed by atoms with Gasteiger partial charge in [-0.05, 0) is 6.07 Å². The van der Waals surface area contributed by atoms with E-state index in [0.717, 1.165) is 6.07 Å². The molecule has 4 nitrogen and oxygen atoms in total. The number of nitriles is 1. The second-order valence-electron chi connectivity index (χ2n) is 2.34. The fourth-order valence-electron chi connectivity index (χ4n) is 0.992. The zero-order valence-corrected chi connectivity index (χ0v) is 6.53. The van der Waals surface area contributed by atoms with Crippen LogP contribution in [0, 0.1) is 27.3 Å². The molecule has 0 bridgehead atoms. The van der Waals surface area contributed by atoms with Crippen molar-refractivity contribution < 1.29 is 9.31 Å². The molecule has 66 valence electrons. The van der Waals surface area contributed by atoms with E-state index in [-0.39, 0.29) is 12.0 Å². The van der Waals surface area contributed by atoms with Gasteiger partial charge in [0.15, 0.2) is 0 Å². The highest BCUT2D eigenvalue weighted by Crippen LogP contribution is 2.22. The summed E-state index contributed by atoms with van der Waals surface area (Å²) in [4.78, 5) is 9.56. The average Bonchev–Trinajstić information content (AvgIpc) is 2.04. The predicted molar refractivity (Wildman–Crippen MR) is 42.4 cm³/mol. The molecular weight excluding hydrogens is 175 g/mol. The summed E-state index contributed by atoms with van der Waals surface area (Å²) in [6, 6.07) is 5.44. The number of nitro benzene ring substituents is 1. The molecule has 0 aliphatic heterocycles. The summed E-state index contributed by atoms with van der Waals surface area (Å²) in [5.41, 5.74) is -0.503. The molecular formula is C8H5FN2O2. The number of nitrogens with zero attached hydrogens (tertiary/aromatic N) is 2. The Kier molecular flexibility index (Phi) is 2.55. The smallest absolute Gasteiger partial charge is 0.258 e. The Labute approximate surface area is 73.4 Å².